The van der Waals surface area contributed by atoms with Crippen molar-refractivity contribution in [2.45, 2.75) is 0 Å². The lowest BCUT2D eigenvalue weighted by Gasteiger charge is -2.27. The van der Waals surface area contributed by atoms with Crippen LogP contribution in [0.25, 0.3) is 0 Å². The molecule has 0 spiro atoms. The number of piperazine rings is 1. The zero-order valence-electron chi connectivity index (χ0n) is 5.76. The first-order chi connectivity index (χ1) is 4.30. The van der Waals surface area contributed by atoms with Gasteiger partial charge in [-0.3, -0.25) is 5.41 Å². The van der Waals surface area contributed by atoms with Crippen molar-refractivity contribution in [3.8, 4) is 0 Å². The Kier molecular flexibility index (Phi) is 4.38. The smallest absolute Gasteiger partial charge is 0.188 e. The van der Waals surface area contributed by atoms with Crippen LogP contribution in [0.2, 0.25) is 0 Å². The van der Waals surface area contributed by atoms with Gasteiger partial charge in [0.25, 0.3) is 0 Å². The molecule has 1 aliphatic heterocycles. The van der Waals surface area contributed by atoms with E-state index in [4.69, 9.17) is 11.1 Å². The number of hydrogen-bond acceptors (Lipinski definition) is 2. The van der Waals surface area contributed by atoms with Gasteiger partial charge in [0.05, 0.1) is 0 Å². The Bertz CT molecular complexity index is 110. The molecule has 1 fully saturated rings. The first-order valence-corrected chi connectivity index (χ1v) is 3.10. The Morgan fingerprint density at radius 2 is 1.90 bits per heavy atom. The summed E-state index contributed by atoms with van der Waals surface area (Å²) in [5, 5.41) is 10.2. The molecule has 1 saturated heterocycles. The molecule has 0 aromatic carbocycles. The first-order valence-electron chi connectivity index (χ1n) is 3.10. The Labute approximate surface area is 71.0 Å². The average molecular weight is 209 g/mol. The van der Waals surface area contributed by atoms with E-state index in [2.05, 4.69) is 5.32 Å². The van der Waals surface area contributed by atoms with Gasteiger partial charge in [-0.2, -0.15) is 0 Å². The van der Waals surface area contributed by atoms with Gasteiger partial charge < -0.3 is 16.0 Å². The molecule has 0 bridgehead atoms. The van der Waals surface area contributed by atoms with E-state index in [0.29, 0.717) is 0 Å². The second kappa shape index (κ2) is 4.51. The maximum absolute atomic E-state index is 7.06. The molecule has 4 nitrogen and oxygen atoms in total. The minimum atomic E-state index is 0. The Morgan fingerprint density at radius 1 is 1.40 bits per heavy atom. The minimum absolute atomic E-state index is 0. The van der Waals surface area contributed by atoms with Crippen molar-refractivity contribution in [3.63, 3.8) is 0 Å². The number of guanidine groups is 1. The van der Waals surface area contributed by atoms with Crippen molar-refractivity contribution in [1.82, 2.24) is 10.2 Å². The van der Waals surface area contributed by atoms with E-state index in [1.807, 2.05) is 4.90 Å². The SMILES string of the molecule is Br.N=C(N)N1CCNCC1. The van der Waals surface area contributed by atoms with Crippen LogP contribution in [0.15, 0.2) is 0 Å². The van der Waals surface area contributed by atoms with Crippen molar-refractivity contribution in [2.24, 2.45) is 5.73 Å². The Balaban J connectivity index is 0.000000810. The summed E-state index contributed by atoms with van der Waals surface area (Å²) < 4.78 is 0. The normalized spacial score (nSPS) is 17.8. The second-order valence-corrected chi connectivity index (χ2v) is 2.12. The molecule has 0 atom stereocenters. The summed E-state index contributed by atoms with van der Waals surface area (Å²) in [7, 11) is 0. The summed E-state index contributed by atoms with van der Waals surface area (Å²) in [6.07, 6.45) is 0. The number of hydrogen-bond donors (Lipinski definition) is 3. The molecular formula is C5H13BrN4. The van der Waals surface area contributed by atoms with E-state index in [0.717, 1.165) is 26.2 Å². The average Bonchev–Trinajstić information content (AvgIpc) is 1.90. The maximum atomic E-state index is 7.06. The standard InChI is InChI=1S/C5H12N4.BrH/c6-5(7)9-3-1-8-2-4-9;/h8H,1-4H2,(H3,6,7);1H. The minimum Gasteiger partial charge on any atom is -0.370 e. The molecule has 1 rings (SSSR count). The van der Waals surface area contributed by atoms with E-state index in [1.165, 1.54) is 0 Å². The number of nitrogens with zero attached hydrogens (tertiary/aromatic N) is 1. The Morgan fingerprint density at radius 3 is 2.20 bits per heavy atom. The number of nitrogens with one attached hydrogen (secondary N) is 2. The van der Waals surface area contributed by atoms with Crippen LogP contribution in [0.1, 0.15) is 0 Å². The van der Waals surface area contributed by atoms with Gasteiger partial charge >= 0.3 is 0 Å². The lowest BCUT2D eigenvalue weighted by molar-refractivity contribution is 0.352. The highest BCUT2D eigenvalue weighted by molar-refractivity contribution is 8.93. The van der Waals surface area contributed by atoms with Crippen LogP contribution in [0, 0.1) is 5.41 Å². The highest BCUT2D eigenvalue weighted by Crippen LogP contribution is 1.88. The molecule has 0 unspecified atom stereocenters. The van der Waals surface area contributed by atoms with Crippen LogP contribution in [0.4, 0.5) is 0 Å². The maximum Gasteiger partial charge on any atom is 0.188 e. The molecule has 0 aromatic heterocycles. The van der Waals surface area contributed by atoms with Crippen LogP contribution in [0.5, 0.6) is 0 Å². The van der Waals surface area contributed by atoms with Gasteiger partial charge in [-0.1, -0.05) is 0 Å². The molecule has 1 aliphatic rings. The van der Waals surface area contributed by atoms with Crippen LogP contribution >= 0.6 is 17.0 Å². The second-order valence-electron chi connectivity index (χ2n) is 2.12. The Hall–Kier alpha value is -0.290. The van der Waals surface area contributed by atoms with Crippen molar-refractivity contribution in [3.05, 3.63) is 0 Å². The third-order valence-electron chi connectivity index (χ3n) is 1.46. The van der Waals surface area contributed by atoms with Gasteiger partial charge in [0.2, 0.25) is 0 Å². The fourth-order valence-electron chi connectivity index (χ4n) is 0.906. The third-order valence-corrected chi connectivity index (χ3v) is 1.46. The molecule has 4 N–H and O–H groups in total. The molecule has 1 heterocycles. The fourth-order valence-corrected chi connectivity index (χ4v) is 0.906. The van der Waals surface area contributed by atoms with Gasteiger partial charge in [0.1, 0.15) is 0 Å². The molecule has 10 heavy (non-hydrogen) atoms. The summed E-state index contributed by atoms with van der Waals surface area (Å²) in [6, 6.07) is 0. The topological polar surface area (TPSA) is 65.1 Å². The highest BCUT2D eigenvalue weighted by atomic mass is 79.9. The summed E-state index contributed by atoms with van der Waals surface area (Å²) in [4.78, 5) is 1.86. The predicted octanol–water partition coefficient (Wildman–Crippen LogP) is -0.637. The quantitative estimate of drug-likeness (QED) is 0.367. The zero-order chi connectivity index (χ0) is 6.69. The number of nitrogens with two attached hydrogens (primary N) is 1. The molecule has 0 aliphatic carbocycles. The zero-order valence-corrected chi connectivity index (χ0v) is 7.47. The molecule has 0 amide bonds. The van der Waals surface area contributed by atoms with E-state index in [9.17, 15) is 0 Å². The third kappa shape index (κ3) is 2.53. The van der Waals surface area contributed by atoms with Gasteiger partial charge in [-0.05, 0) is 0 Å². The molecule has 5 heteroatoms. The van der Waals surface area contributed by atoms with Gasteiger partial charge in [-0.15, -0.1) is 17.0 Å². The van der Waals surface area contributed by atoms with E-state index in [-0.39, 0.29) is 22.9 Å². The molecule has 0 aromatic rings. The van der Waals surface area contributed by atoms with Crippen molar-refractivity contribution >= 4 is 22.9 Å². The van der Waals surface area contributed by atoms with E-state index < -0.39 is 0 Å². The lowest BCUT2D eigenvalue weighted by Crippen LogP contribution is -2.48. The van der Waals surface area contributed by atoms with Gasteiger partial charge in [0, 0.05) is 26.2 Å². The number of halogens is 1. The fraction of sp³-hybridized carbons (Fsp3) is 0.800. The van der Waals surface area contributed by atoms with Crippen LogP contribution in [-0.2, 0) is 0 Å². The molecular weight excluding hydrogens is 196 g/mol. The lowest BCUT2D eigenvalue weighted by atomic mass is 10.4. The first kappa shape index (κ1) is 9.71. The summed E-state index contributed by atoms with van der Waals surface area (Å²) >= 11 is 0. The molecule has 0 radical (unpaired) electrons. The molecule has 0 saturated carbocycles. The van der Waals surface area contributed by atoms with Gasteiger partial charge in [0.15, 0.2) is 5.96 Å². The van der Waals surface area contributed by atoms with Crippen LogP contribution in [0.3, 0.4) is 0 Å². The van der Waals surface area contributed by atoms with E-state index >= 15 is 0 Å². The van der Waals surface area contributed by atoms with Gasteiger partial charge in [-0.25, -0.2) is 0 Å². The van der Waals surface area contributed by atoms with Crippen molar-refractivity contribution < 1.29 is 0 Å². The summed E-state index contributed by atoms with van der Waals surface area (Å²) in [6.45, 7) is 3.63. The summed E-state index contributed by atoms with van der Waals surface area (Å²) in [5.74, 6) is 0.191. The highest BCUT2D eigenvalue weighted by Gasteiger charge is 2.08. The van der Waals surface area contributed by atoms with Crippen molar-refractivity contribution in [2.75, 3.05) is 26.2 Å². The van der Waals surface area contributed by atoms with E-state index in [1.54, 1.807) is 0 Å². The summed E-state index contributed by atoms with van der Waals surface area (Å²) in [5.41, 5.74) is 5.25. The van der Waals surface area contributed by atoms with Crippen molar-refractivity contribution in [1.29, 1.82) is 5.41 Å². The monoisotopic (exact) mass is 208 g/mol. The van der Waals surface area contributed by atoms with Crippen LogP contribution < -0.4 is 11.1 Å². The predicted molar refractivity (Wildman–Crippen MR) is 46.7 cm³/mol. The van der Waals surface area contributed by atoms with Crippen LogP contribution in [-0.4, -0.2) is 37.0 Å². The largest absolute Gasteiger partial charge is 0.370 e. The molecule has 60 valence electrons. The number of rotatable bonds is 0.